The topological polar surface area (TPSA) is 50.3 Å². The summed E-state index contributed by atoms with van der Waals surface area (Å²) < 4.78 is 5.53. The zero-order valence-corrected chi connectivity index (χ0v) is 12.4. The van der Waals surface area contributed by atoms with E-state index in [2.05, 4.69) is 20.2 Å². The summed E-state index contributed by atoms with van der Waals surface area (Å²) in [6.07, 6.45) is 3.79. The van der Waals surface area contributed by atoms with Crippen molar-refractivity contribution in [2.45, 2.75) is 39.2 Å². The molecule has 1 aromatic rings. The maximum Gasteiger partial charge on any atom is 0.228 e. The molecule has 1 N–H and O–H groups in total. The largest absolute Gasteiger partial charge is 0.478 e. The molecule has 0 aromatic carbocycles. The minimum Gasteiger partial charge on any atom is -0.478 e. The van der Waals surface area contributed by atoms with Gasteiger partial charge >= 0.3 is 0 Å². The van der Waals surface area contributed by atoms with Crippen molar-refractivity contribution in [1.29, 1.82) is 0 Å². The van der Waals surface area contributed by atoms with Gasteiger partial charge in [-0.3, -0.25) is 0 Å². The fraction of sp³-hybridized carbons (Fsp3) is 0.733. The molecule has 0 saturated carbocycles. The number of anilines is 1. The first-order valence-corrected chi connectivity index (χ1v) is 7.73. The van der Waals surface area contributed by atoms with Crippen LogP contribution in [0.2, 0.25) is 0 Å². The van der Waals surface area contributed by atoms with E-state index in [9.17, 15) is 0 Å². The second-order valence-electron chi connectivity index (χ2n) is 5.78. The predicted molar refractivity (Wildman–Crippen MR) is 79.3 cm³/mol. The van der Waals surface area contributed by atoms with Crippen molar-refractivity contribution in [2.24, 2.45) is 5.92 Å². The normalized spacial score (nSPS) is 26.2. The zero-order chi connectivity index (χ0) is 13.9. The Bertz CT molecular complexity index is 465. The summed E-state index contributed by atoms with van der Waals surface area (Å²) in [7, 11) is 0. The van der Waals surface area contributed by atoms with E-state index < -0.39 is 0 Å². The average Bonchev–Trinajstić information content (AvgIpc) is 2.46. The highest BCUT2D eigenvalue weighted by Gasteiger charge is 2.32. The SMILES string of the molecule is CCOc1cc(C)nc(N2CCC3NCCCC3C2)n1. The summed E-state index contributed by atoms with van der Waals surface area (Å²) in [5.41, 5.74) is 0.974. The zero-order valence-electron chi connectivity index (χ0n) is 12.4. The lowest BCUT2D eigenvalue weighted by molar-refractivity contribution is 0.242. The van der Waals surface area contributed by atoms with Gasteiger partial charge in [-0.1, -0.05) is 0 Å². The van der Waals surface area contributed by atoms with Gasteiger partial charge in [0.25, 0.3) is 0 Å². The third kappa shape index (κ3) is 2.87. The van der Waals surface area contributed by atoms with Crippen molar-refractivity contribution in [1.82, 2.24) is 15.3 Å². The summed E-state index contributed by atoms with van der Waals surface area (Å²) in [5.74, 6) is 2.26. The molecular formula is C15H24N4O. The highest BCUT2D eigenvalue weighted by atomic mass is 16.5. The molecule has 0 spiro atoms. The van der Waals surface area contributed by atoms with Gasteiger partial charge in [0.15, 0.2) is 0 Å². The van der Waals surface area contributed by atoms with E-state index in [0.29, 0.717) is 18.5 Å². The number of hydrogen-bond donors (Lipinski definition) is 1. The molecule has 3 heterocycles. The van der Waals surface area contributed by atoms with Crippen molar-refractivity contribution >= 4 is 5.95 Å². The first-order valence-electron chi connectivity index (χ1n) is 7.73. The van der Waals surface area contributed by atoms with E-state index in [4.69, 9.17) is 4.74 Å². The number of aromatic nitrogens is 2. The van der Waals surface area contributed by atoms with E-state index in [1.54, 1.807) is 0 Å². The van der Waals surface area contributed by atoms with Gasteiger partial charge in [0.1, 0.15) is 0 Å². The fourth-order valence-corrected chi connectivity index (χ4v) is 3.31. The van der Waals surface area contributed by atoms with Crippen molar-refractivity contribution in [2.75, 3.05) is 31.1 Å². The van der Waals surface area contributed by atoms with Gasteiger partial charge in [0.2, 0.25) is 11.8 Å². The molecule has 110 valence electrons. The molecule has 2 atom stereocenters. The summed E-state index contributed by atoms with van der Waals surface area (Å²) in [4.78, 5) is 11.5. The lowest BCUT2D eigenvalue weighted by Crippen LogP contribution is -2.52. The molecule has 0 bridgehead atoms. The van der Waals surface area contributed by atoms with Gasteiger partial charge in [0, 0.05) is 30.9 Å². The number of piperidine rings is 2. The summed E-state index contributed by atoms with van der Waals surface area (Å²) in [6.45, 7) is 7.90. The molecule has 2 aliphatic rings. The number of aryl methyl sites for hydroxylation is 1. The minimum atomic E-state index is 0.643. The Morgan fingerprint density at radius 1 is 1.40 bits per heavy atom. The third-order valence-electron chi connectivity index (χ3n) is 4.29. The fourth-order valence-electron chi connectivity index (χ4n) is 3.31. The Balaban J connectivity index is 1.75. The lowest BCUT2D eigenvalue weighted by Gasteiger charge is -2.41. The van der Waals surface area contributed by atoms with Gasteiger partial charge in [-0.05, 0) is 45.6 Å². The highest BCUT2D eigenvalue weighted by molar-refractivity contribution is 5.35. The van der Waals surface area contributed by atoms with Gasteiger partial charge in [-0.2, -0.15) is 4.98 Å². The van der Waals surface area contributed by atoms with Crippen LogP contribution in [0.5, 0.6) is 5.88 Å². The summed E-state index contributed by atoms with van der Waals surface area (Å²) >= 11 is 0. The minimum absolute atomic E-state index is 0.643. The Labute approximate surface area is 120 Å². The second-order valence-corrected chi connectivity index (χ2v) is 5.78. The summed E-state index contributed by atoms with van der Waals surface area (Å²) in [6, 6.07) is 2.60. The Kier molecular flexibility index (Phi) is 4.05. The molecule has 2 unspecified atom stereocenters. The molecular weight excluding hydrogens is 252 g/mol. The van der Waals surface area contributed by atoms with Crippen LogP contribution in [0, 0.1) is 12.8 Å². The van der Waals surface area contributed by atoms with Gasteiger partial charge in [0.05, 0.1) is 6.61 Å². The van der Waals surface area contributed by atoms with Crippen LogP contribution < -0.4 is 15.0 Å². The van der Waals surface area contributed by atoms with Crippen LogP contribution in [-0.4, -0.2) is 42.3 Å². The Morgan fingerprint density at radius 3 is 3.15 bits per heavy atom. The van der Waals surface area contributed by atoms with Crippen molar-refractivity contribution < 1.29 is 4.74 Å². The van der Waals surface area contributed by atoms with Crippen LogP contribution in [0.15, 0.2) is 6.07 Å². The van der Waals surface area contributed by atoms with Crippen LogP contribution in [-0.2, 0) is 0 Å². The molecule has 2 fully saturated rings. The van der Waals surface area contributed by atoms with Crippen LogP contribution >= 0.6 is 0 Å². The number of rotatable bonds is 3. The number of ether oxygens (including phenoxy) is 1. The van der Waals surface area contributed by atoms with Gasteiger partial charge in [-0.25, -0.2) is 4.98 Å². The number of hydrogen-bond acceptors (Lipinski definition) is 5. The van der Waals surface area contributed by atoms with Crippen LogP contribution in [0.1, 0.15) is 31.9 Å². The van der Waals surface area contributed by atoms with E-state index in [-0.39, 0.29) is 0 Å². The smallest absolute Gasteiger partial charge is 0.228 e. The van der Waals surface area contributed by atoms with Gasteiger partial charge in [-0.15, -0.1) is 0 Å². The Hall–Kier alpha value is -1.36. The average molecular weight is 276 g/mol. The molecule has 2 aliphatic heterocycles. The van der Waals surface area contributed by atoms with Crippen LogP contribution in [0.25, 0.3) is 0 Å². The molecule has 0 amide bonds. The standard InChI is InChI=1S/C15H24N4O/c1-3-20-14-9-11(2)17-15(18-14)19-8-6-13-12(10-19)5-4-7-16-13/h9,12-13,16H,3-8,10H2,1-2H3. The molecule has 3 rings (SSSR count). The van der Waals surface area contributed by atoms with Crippen molar-refractivity contribution in [3.05, 3.63) is 11.8 Å². The van der Waals surface area contributed by atoms with Crippen molar-refractivity contribution in [3.63, 3.8) is 0 Å². The van der Waals surface area contributed by atoms with Crippen LogP contribution in [0.3, 0.4) is 0 Å². The molecule has 0 radical (unpaired) electrons. The van der Waals surface area contributed by atoms with E-state index in [0.717, 1.165) is 30.6 Å². The lowest BCUT2D eigenvalue weighted by atomic mass is 9.85. The predicted octanol–water partition coefficient (Wildman–Crippen LogP) is 1.76. The van der Waals surface area contributed by atoms with E-state index >= 15 is 0 Å². The molecule has 0 aliphatic carbocycles. The quantitative estimate of drug-likeness (QED) is 0.911. The highest BCUT2D eigenvalue weighted by Crippen LogP contribution is 2.27. The monoisotopic (exact) mass is 276 g/mol. The first kappa shape index (κ1) is 13.6. The first-order chi connectivity index (χ1) is 9.76. The molecule has 20 heavy (non-hydrogen) atoms. The van der Waals surface area contributed by atoms with Crippen molar-refractivity contribution in [3.8, 4) is 5.88 Å². The summed E-state index contributed by atoms with van der Waals surface area (Å²) in [5, 5.41) is 3.64. The van der Waals surface area contributed by atoms with E-state index in [1.165, 1.54) is 25.8 Å². The van der Waals surface area contributed by atoms with E-state index in [1.807, 2.05) is 19.9 Å². The van der Waals surface area contributed by atoms with Crippen LogP contribution in [0.4, 0.5) is 5.95 Å². The number of fused-ring (bicyclic) bond motifs is 1. The Morgan fingerprint density at radius 2 is 2.30 bits per heavy atom. The molecule has 5 nitrogen and oxygen atoms in total. The molecule has 2 saturated heterocycles. The number of nitrogens with one attached hydrogen (secondary N) is 1. The second kappa shape index (κ2) is 5.95. The third-order valence-corrected chi connectivity index (χ3v) is 4.29. The van der Waals surface area contributed by atoms with Gasteiger partial charge < -0.3 is 15.0 Å². The maximum atomic E-state index is 5.53. The number of nitrogens with zero attached hydrogens (tertiary/aromatic N) is 3. The molecule has 1 aromatic heterocycles. The maximum absolute atomic E-state index is 5.53. The molecule has 5 heteroatoms.